The number of anilines is 2. The average molecular weight is 371 g/mol. The van der Waals surface area contributed by atoms with Gasteiger partial charge in [0, 0.05) is 31.6 Å². The predicted octanol–water partition coefficient (Wildman–Crippen LogP) is 3.10. The van der Waals surface area contributed by atoms with Gasteiger partial charge in [0.2, 0.25) is 0 Å². The van der Waals surface area contributed by atoms with Gasteiger partial charge in [-0.3, -0.25) is 14.5 Å². The molecule has 2 aromatic carbocycles. The Bertz CT molecular complexity index is 900. The van der Waals surface area contributed by atoms with Crippen LogP contribution in [0.2, 0.25) is 0 Å². The number of carbonyl (C=O) groups is 3. The van der Waals surface area contributed by atoms with Gasteiger partial charge < -0.3 is 15.4 Å². The van der Waals surface area contributed by atoms with E-state index in [1.807, 2.05) is 0 Å². The molecule has 2 aromatic rings. The van der Waals surface area contributed by atoms with Crippen molar-refractivity contribution in [3.8, 4) is 0 Å². The van der Waals surface area contributed by atoms with Gasteiger partial charge in [-0.15, -0.1) is 0 Å². The summed E-state index contributed by atoms with van der Waals surface area (Å²) in [5, 5.41) is 5.06. The standard InChI is InChI=1S/C19H18FN3O4/c1-27-9-3-8-23-17(24)15-7-6-14(11-16(15)18(23)25)22-19(26)21-13-5-2-4-12(20)10-13/h2,4-7,10-11H,3,8-9H2,1H3,(H2,21,22,26). The largest absolute Gasteiger partial charge is 0.385 e. The summed E-state index contributed by atoms with van der Waals surface area (Å²) in [5.41, 5.74) is 1.18. The monoisotopic (exact) mass is 371 g/mol. The van der Waals surface area contributed by atoms with Gasteiger partial charge in [-0.2, -0.15) is 0 Å². The van der Waals surface area contributed by atoms with E-state index in [1.54, 1.807) is 13.2 Å². The van der Waals surface area contributed by atoms with Crippen LogP contribution in [0.1, 0.15) is 27.1 Å². The molecule has 140 valence electrons. The quantitative estimate of drug-likeness (QED) is 0.603. The van der Waals surface area contributed by atoms with Crippen molar-refractivity contribution < 1.29 is 23.5 Å². The third-order valence-corrected chi connectivity index (χ3v) is 4.04. The van der Waals surface area contributed by atoms with Gasteiger partial charge in [-0.1, -0.05) is 6.07 Å². The average Bonchev–Trinajstić information content (AvgIpc) is 2.86. The summed E-state index contributed by atoms with van der Waals surface area (Å²) in [7, 11) is 1.55. The third-order valence-electron chi connectivity index (χ3n) is 4.04. The van der Waals surface area contributed by atoms with Crippen LogP contribution in [0.25, 0.3) is 0 Å². The highest BCUT2D eigenvalue weighted by atomic mass is 19.1. The molecule has 4 amide bonds. The van der Waals surface area contributed by atoms with Gasteiger partial charge in [-0.25, -0.2) is 9.18 Å². The summed E-state index contributed by atoms with van der Waals surface area (Å²) < 4.78 is 18.1. The second-order valence-corrected chi connectivity index (χ2v) is 5.96. The number of fused-ring (bicyclic) bond motifs is 1. The Morgan fingerprint density at radius 3 is 2.44 bits per heavy atom. The minimum Gasteiger partial charge on any atom is -0.385 e. The molecule has 0 fully saturated rings. The molecule has 1 heterocycles. The summed E-state index contributed by atoms with van der Waals surface area (Å²) in [6, 6.07) is 9.38. The number of nitrogens with zero attached hydrogens (tertiary/aromatic N) is 1. The van der Waals surface area contributed by atoms with E-state index < -0.39 is 17.8 Å². The number of methoxy groups -OCH3 is 1. The predicted molar refractivity (Wildman–Crippen MR) is 97.3 cm³/mol. The number of ether oxygens (including phenoxy) is 1. The number of urea groups is 1. The summed E-state index contributed by atoms with van der Waals surface area (Å²) in [6.45, 7) is 0.712. The Morgan fingerprint density at radius 1 is 1.04 bits per heavy atom. The van der Waals surface area contributed by atoms with Gasteiger partial charge in [0.05, 0.1) is 11.1 Å². The molecule has 2 N–H and O–H groups in total. The maximum absolute atomic E-state index is 13.2. The first-order valence-electron chi connectivity index (χ1n) is 8.32. The third kappa shape index (κ3) is 4.12. The van der Waals surface area contributed by atoms with E-state index in [9.17, 15) is 18.8 Å². The molecule has 0 saturated heterocycles. The molecule has 0 unspecified atom stereocenters. The zero-order valence-electron chi connectivity index (χ0n) is 14.6. The van der Waals surface area contributed by atoms with Gasteiger partial charge in [0.1, 0.15) is 5.82 Å². The van der Waals surface area contributed by atoms with E-state index in [1.165, 1.54) is 41.3 Å². The van der Waals surface area contributed by atoms with Crippen LogP contribution in [-0.2, 0) is 4.74 Å². The van der Waals surface area contributed by atoms with E-state index in [0.29, 0.717) is 30.0 Å². The lowest BCUT2D eigenvalue weighted by Crippen LogP contribution is -2.31. The van der Waals surface area contributed by atoms with E-state index >= 15 is 0 Å². The van der Waals surface area contributed by atoms with Crippen molar-refractivity contribution in [1.82, 2.24) is 4.90 Å². The number of imide groups is 1. The first-order chi connectivity index (χ1) is 13.0. The number of rotatable bonds is 6. The number of amides is 4. The molecular weight excluding hydrogens is 353 g/mol. The van der Waals surface area contributed by atoms with Crippen molar-refractivity contribution in [3.05, 3.63) is 59.4 Å². The van der Waals surface area contributed by atoms with Crippen molar-refractivity contribution in [2.45, 2.75) is 6.42 Å². The van der Waals surface area contributed by atoms with Crippen molar-refractivity contribution in [2.24, 2.45) is 0 Å². The Morgan fingerprint density at radius 2 is 1.74 bits per heavy atom. The first kappa shape index (κ1) is 18.5. The first-order valence-corrected chi connectivity index (χ1v) is 8.32. The summed E-state index contributed by atoms with van der Waals surface area (Å²) in [6.07, 6.45) is 0.545. The fourth-order valence-electron chi connectivity index (χ4n) is 2.80. The number of halogens is 1. The van der Waals surface area contributed by atoms with Gasteiger partial charge >= 0.3 is 6.03 Å². The van der Waals surface area contributed by atoms with Crippen LogP contribution in [0.15, 0.2) is 42.5 Å². The van der Waals surface area contributed by atoms with Crippen molar-refractivity contribution in [2.75, 3.05) is 30.9 Å². The second-order valence-electron chi connectivity index (χ2n) is 5.96. The van der Waals surface area contributed by atoms with E-state index in [2.05, 4.69) is 10.6 Å². The van der Waals surface area contributed by atoms with Gasteiger partial charge in [0.25, 0.3) is 11.8 Å². The molecular formula is C19H18FN3O4. The lowest BCUT2D eigenvalue weighted by molar-refractivity contribution is 0.0638. The van der Waals surface area contributed by atoms with Crippen LogP contribution < -0.4 is 10.6 Å². The van der Waals surface area contributed by atoms with E-state index in [4.69, 9.17) is 4.74 Å². The smallest absolute Gasteiger partial charge is 0.323 e. The highest BCUT2D eigenvalue weighted by Crippen LogP contribution is 2.26. The Kier molecular flexibility index (Phi) is 5.46. The molecule has 8 heteroatoms. The number of hydrogen-bond acceptors (Lipinski definition) is 4. The number of benzene rings is 2. The van der Waals surface area contributed by atoms with E-state index in [0.717, 1.165) is 0 Å². The minimum absolute atomic E-state index is 0.237. The lowest BCUT2D eigenvalue weighted by atomic mass is 10.1. The molecule has 0 saturated carbocycles. The minimum atomic E-state index is -0.589. The van der Waals surface area contributed by atoms with Crippen LogP contribution >= 0.6 is 0 Å². The maximum atomic E-state index is 13.2. The molecule has 3 rings (SSSR count). The zero-order chi connectivity index (χ0) is 19.4. The zero-order valence-corrected chi connectivity index (χ0v) is 14.6. The Hall–Kier alpha value is -3.26. The molecule has 0 atom stereocenters. The highest BCUT2D eigenvalue weighted by Gasteiger charge is 2.35. The normalized spacial score (nSPS) is 12.9. The second kappa shape index (κ2) is 7.96. The molecule has 0 bridgehead atoms. The van der Waals surface area contributed by atoms with Crippen LogP contribution in [-0.4, -0.2) is 43.0 Å². The molecule has 7 nitrogen and oxygen atoms in total. The Balaban J connectivity index is 1.69. The molecule has 1 aliphatic rings. The van der Waals surface area contributed by atoms with Crippen molar-refractivity contribution in [3.63, 3.8) is 0 Å². The summed E-state index contributed by atoms with van der Waals surface area (Å²) in [5.74, 6) is -1.23. The van der Waals surface area contributed by atoms with Crippen LogP contribution in [0.4, 0.5) is 20.6 Å². The number of hydrogen-bond donors (Lipinski definition) is 2. The highest BCUT2D eigenvalue weighted by molar-refractivity contribution is 6.22. The van der Waals surface area contributed by atoms with Crippen molar-refractivity contribution >= 4 is 29.2 Å². The van der Waals surface area contributed by atoms with Crippen molar-refractivity contribution in [1.29, 1.82) is 0 Å². The SMILES string of the molecule is COCCCN1C(=O)c2ccc(NC(=O)Nc3cccc(F)c3)cc2C1=O. The van der Waals surface area contributed by atoms with Crippen LogP contribution in [0.3, 0.4) is 0 Å². The Labute approximate surface area is 155 Å². The van der Waals surface area contributed by atoms with E-state index in [-0.39, 0.29) is 18.0 Å². The van der Waals surface area contributed by atoms with Crippen LogP contribution in [0, 0.1) is 5.82 Å². The van der Waals surface area contributed by atoms with Gasteiger partial charge in [0.15, 0.2) is 0 Å². The summed E-state index contributed by atoms with van der Waals surface area (Å²) in [4.78, 5) is 38.0. The summed E-state index contributed by atoms with van der Waals surface area (Å²) >= 11 is 0. The molecule has 1 aliphatic heterocycles. The van der Waals surface area contributed by atoms with Gasteiger partial charge in [-0.05, 0) is 42.8 Å². The molecule has 0 aliphatic carbocycles. The number of carbonyl (C=O) groups excluding carboxylic acids is 3. The lowest BCUT2D eigenvalue weighted by Gasteiger charge is -2.12. The molecule has 0 aromatic heterocycles. The fourth-order valence-corrected chi connectivity index (χ4v) is 2.80. The maximum Gasteiger partial charge on any atom is 0.323 e. The van der Waals surface area contributed by atoms with Crippen LogP contribution in [0.5, 0.6) is 0 Å². The number of nitrogens with one attached hydrogen (secondary N) is 2. The molecule has 0 radical (unpaired) electrons. The fraction of sp³-hybridized carbons (Fsp3) is 0.211. The molecule has 27 heavy (non-hydrogen) atoms. The topological polar surface area (TPSA) is 87.7 Å². The molecule has 0 spiro atoms.